The van der Waals surface area contributed by atoms with Gasteiger partial charge in [0, 0.05) is 4.90 Å². The van der Waals surface area contributed by atoms with Crippen LogP contribution in [-0.4, -0.2) is 24.1 Å². The molecule has 6 heteroatoms. The second kappa shape index (κ2) is 6.42. The van der Waals surface area contributed by atoms with Crippen LogP contribution in [0.25, 0.3) is 0 Å². The summed E-state index contributed by atoms with van der Waals surface area (Å²) in [5, 5.41) is 2.54. The normalized spacial score (nSPS) is 13.7. The van der Waals surface area contributed by atoms with Crippen LogP contribution in [0.4, 0.5) is 15.8 Å². The lowest BCUT2D eigenvalue weighted by atomic mass is 10.2. The average Bonchev–Trinajstić information content (AvgIpc) is 2.54. The van der Waals surface area contributed by atoms with Crippen molar-refractivity contribution in [1.29, 1.82) is 0 Å². The third-order valence-corrected chi connectivity index (χ3v) is 4.55. The van der Waals surface area contributed by atoms with Gasteiger partial charge in [0.05, 0.1) is 17.1 Å². The maximum atomic E-state index is 13.7. The van der Waals surface area contributed by atoms with E-state index in [1.807, 2.05) is 25.1 Å². The van der Waals surface area contributed by atoms with Crippen molar-refractivity contribution >= 4 is 35.0 Å². The number of nitrogens with one attached hydrogen (secondary N) is 1. The van der Waals surface area contributed by atoms with Crippen molar-refractivity contribution in [2.45, 2.75) is 11.8 Å². The van der Waals surface area contributed by atoms with Gasteiger partial charge in [-0.05, 0) is 36.8 Å². The Bertz CT molecular complexity index is 779. The van der Waals surface area contributed by atoms with E-state index >= 15 is 0 Å². The summed E-state index contributed by atoms with van der Waals surface area (Å²) in [5.74, 6) is -0.758. The van der Waals surface area contributed by atoms with E-state index in [0.29, 0.717) is 11.4 Å². The van der Waals surface area contributed by atoms with Crippen LogP contribution in [-0.2, 0) is 9.59 Å². The van der Waals surface area contributed by atoms with Gasteiger partial charge in [-0.25, -0.2) is 4.39 Å². The lowest BCUT2D eigenvalue weighted by Crippen LogP contribution is -2.41. The molecule has 2 aromatic carbocycles. The lowest BCUT2D eigenvalue weighted by molar-refractivity contribution is -0.120. The van der Waals surface area contributed by atoms with E-state index in [1.165, 1.54) is 22.7 Å². The Labute approximate surface area is 137 Å². The summed E-state index contributed by atoms with van der Waals surface area (Å²) in [4.78, 5) is 26.7. The number of carbonyl (C=O) groups excluding carboxylic acids is 2. The van der Waals surface area contributed by atoms with Gasteiger partial charge in [0.25, 0.3) is 0 Å². The smallest absolute Gasteiger partial charge is 0.244 e. The number of nitrogens with zero attached hydrogens (tertiary/aromatic N) is 1. The minimum atomic E-state index is -0.495. The van der Waals surface area contributed by atoms with Crippen molar-refractivity contribution in [3.63, 3.8) is 0 Å². The lowest BCUT2D eigenvalue weighted by Gasteiger charge is -2.28. The topological polar surface area (TPSA) is 49.4 Å². The maximum absolute atomic E-state index is 13.7. The van der Waals surface area contributed by atoms with Crippen LogP contribution in [0, 0.1) is 12.7 Å². The number of anilines is 2. The van der Waals surface area contributed by atoms with Crippen LogP contribution in [0.1, 0.15) is 5.56 Å². The van der Waals surface area contributed by atoms with Crippen LogP contribution >= 0.6 is 11.8 Å². The number of amides is 2. The fourth-order valence-corrected chi connectivity index (χ4v) is 3.33. The van der Waals surface area contributed by atoms with Gasteiger partial charge in [-0.3, -0.25) is 9.59 Å². The SMILES string of the molecule is Cc1ccc(F)c(NC(=O)CN2C(=O)CSc3ccccc32)c1. The molecule has 1 aliphatic rings. The van der Waals surface area contributed by atoms with Crippen molar-refractivity contribution in [3.05, 3.63) is 53.8 Å². The number of aryl methyl sites for hydroxylation is 1. The van der Waals surface area contributed by atoms with Gasteiger partial charge in [-0.15, -0.1) is 11.8 Å². The highest BCUT2D eigenvalue weighted by Crippen LogP contribution is 2.34. The first-order chi connectivity index (χ1) is 11.0. The van der Waals surface area contributed by atoms with E-state index in [4.69, 9.17) is 0 Å². The summed E-state index contributed by atoms with van der Waals surface area (Å²) in [6.07, 6.45) is 0. The average molecular weight is 330 g/mol. The minimum absolute atomic E-state index is 0.127. The summed E-state index contributed by atoms with van der Waals surface area (Å²) in [6, 6.07) is 11.9. The molecule has 1 heterocycles. The van der Waals surface area contributed by atoms with Gasteiger partial charge in [0.2, 0.25) is 11.8 Å². The van der Waals surface area contributed by atoms with Gasteiger partial charge in [0.15, 0.2) is 0 Å². The van der Waals surface area contributed by atoms with Crippen LogP contribution in [0.5, 0.6) is 0 Å². The fraction of sp³-hybridized carbons (Fsp3) is 0.176. The number of fused-ring (bicyclic) bond motifs is 1. The van der Waals surface area contributed by atoms with Crippen molar-refractivity contribution < 1.29 is 14.0 Å². The molecule has 2 aromatic rings. The monoisotopic (exact) mass is 330 g/mol. The number of hydrogen-bond donors (Lipinski definition) is 1. The van der Waals surface area contributed by atoms with E-state index in [0.717, 1.165) is 10.5 Å². The molecule has 1 N–H and O–H groups in total. The molecule has 23 heavy (non-hydrogen) atoms. The number of rotatable bonds is 3. The molecule has 0 aromatic heterocycles. The van der Waals surface area contributed by atoms with Crippen molar-refractivity contribution in [2.24, 2.45) is 0 Å². The summed E-state index contributed by atoms with van der Waals surface area (Å²) in [6.45, 7) is 1.68. The van der Waals surface area contributed by atoms with Crippen molar-refractivity contribution in [3.8, 4) is 0 Å². The maximum Gasteiger partial charge on any atom is 0.244 e. The Hall–Kier alpha value is -2.34. The molecule has 0 aliphatic carbocycles. The van der Waals surface area contributed by atoms with Crippen molar-refractivity contribution in [2.75, 3.05) is 22.5 Å². The van der Waals surface area contributed by atoms with E-state index < -0.39 is 11.7 Å². The zero-order valence-corrected chi connectivity index (χ0v) is 13.3. The Balaban J connectivity index is 1.78. The van der Waals surface area contributed by atoms with Gasteiger partial charge >= 0.3 is 0 Å². The van der Waals surface area contributed by atoms with E-state index in [9.17, 15) is 14.0 Å². The molecule has 3 rings (SSSR count). The Kier molecular flexibility index (Phi) is 4.34. The van der Waals surface area contributed by atoms with Crippen molar-refractivity contribution in [1.82, 2.24) is 0 Å². The number of halogens is 1. The zero-order chi connectivity index (χ0) is 16.4. The molecule has 0 saturated heterocycles. The van der Waals surface area contributed by atoms with E-state index in [1.54, 1.807) is 18.2 Å². The molecule has 0 atom stereocenters. The Morgan fingerprint density at radius 1 is 1.30 bits per heavy atom. The Morgan fingerprint density at radius 3 is 2.91 bits per heavy atom. The molecule has 0 saturated carbocycles. The highest BCUT2D eigenvalue weighted by Gasteiger charge is 2.26. The molecule has 4 nitrogen and oxygen atoms in total. The molecule has 2 amide bonds. The third kappa shape index (κ3) is 3.37. The highest BCUT2D eigenvalue weighted by molar-refractivity contribution is 8.00. The van der Waals surface area contributed by atoms with Gasteiger partial charge < -0.3 is 10.2 Å². The van der Waals surface area contributed by atoms with Crippen LogP contribution < -0.4 is 10.2 Å². The summed E-state index contributed by atoms with van der Waals surface area (Å²) < 4.78 is 13.7. The molecule has 1 aliphatic heterocycles. The number of thioether (sulfide) groups is 1. The predicted octanol–water partition coefficient (Wildman–Crippen LogP) is 3.21. The number of benzene rings is 2. The zero-order valence-electron chi connectivity index (χ0n) is 12.5. The van der Waals surface area contributed by atoms with Crippen LogP contribution in [0.3, 0.4) is 0 Å². The molecular weight excluding hydrogens is 315 g/mol. The Morgan fingerprint density at radius 2 is 2.09 bits per heavy atom. The summed E-state index contributed by atoms with van der Waals surface area (Å²) >= 11 is 1.45. The first-order valence-electron chi connectivity index (χ1n) is 7.13. The van der Waals surface area contributed by atoms with Gasteiger partial charge in [-0.1, -0.05) is 18.2 Å². The molecule has 0 radical (unpaired) electrons. The molecule has 118 valence electrons. The van der Waals surface area contributed by atoms with E-state index in [2.05, 4.69) is 5.32 Å². The summed E-state index contributed by atoms with van der Waals surface area (Å²) in [7, 11) is 0. The number of hydrogen-bond acceptors (Lipinski definition) is 3. The summed E-state index contributed by atoms with van der Waals surface area (Å²) in [5.41, 5.74) is 1.69. The molecule has 0 fully saturated rings. The largest absolute Gasteiger partial charge is 0.322 e. The van der Waals surface area contributed by atoms with Crippen LogP contribution in [0.15, 0.2) is 47.4 Å². The number of carbonyl (C=O) groups is 2. The second-order valence-corrected chi connectivity index (χ2v) is 6.28. The first-order valence-corrected chi connectivity index (χ1v) is 8.11. The van der Waals surface area contributed by atoms with Crippen LogP contribution in [0.2, 0.25) is 0 Å². The molecular formula is C17H15FN2O2S. The number of para-hydroxylation sites is 1. The predicted molar refractivity (Wildman–Crippen MR) is 89.3 cm³/mol. The first kappa shape index (κ1) is 15.6. The third-order valence-electron chi connectivity index (χ3n) is 3.51. The minimum Gasteiger partial charge on any atom is -0.322 e. The standard InChI is InChI=1S/C17H15FN2O2S/c1-11-6-7-12(18)13(8-11)19-16(21)9-20-14-4-2-3-5-15(14)23-10-17(20)22/h2-8H,9-10H2,1H3,(H,19,21). The second-order valence-electron chi connectivity index (χ2n) is 5.27. The van der Waals surface area contributed by atoms with Gasteiger partial charge in [-0.2, -0.15) is 0 Å². The molecule has 0 spiro atoms. The molecule has 0 unspecified atom stereocenters. The van der Waals surface area contributed by atoms with Gasteiger partial charge in [0.1, 0.15) is 12.4 Å². The fourth-order valence-electron chi connectivity index (χ4n) is 2.40. The molecule has 0 bridgehead atoms. The quantitative estimate of drug-likeness (QED) is 0.940. The highest BCUT2D eigenvalue weighted by atomic mass is 32.2. The van der Waals surface area contributed by atoms with E-state index in [-0.39, 0.29) is 18.1 Å².